The van der Waals surface area contributed by atoms with Crippen LogP contribution in [-0.4, -0.2) is 55.6 Å². The molecule has 212 valence electrons. The molecule has 0 saturated carbocycles. The van der Waals surface area contributed by atoms with Gasteiger partial charge in [0.15, 0.2) is 0 Å². The van der Waals surface area contributed by atoms with Crippen molar-refractivity contribution in [3.63, 3.8) is 0 Å². The average molecular weight is 544 g/mol. The molecule has 0 bridgehead atoms. The molecule has 3 aromatic rings. The van der Waals surface area contributed by atoms with Gasteiger partial charge in [-0.15, -0.1) is 0 Å². The topological polar surface area (TPSA) is 90.9 Å². The first-order chi connectivity index (χ1) is 18.9. The van der Waals surface area contributed by atoms with Crippen LogP contribution in [0.25, 0.3) is 0 Å². The molecule has 2 amide bonds. The van der Waals surface area contributed by atoms with Gasteiger partial charge in [0, 0.05) is 46.3 Å². The number of nitrogens with one attached hydrogen (secondary N) is 2. The molecule has 7 nitrogen and oxygen atoms in total. The zero-order valence-corrected chi connectivity index (χ0v) is 22.8. The summed E-state index contributed by atoms with van der Waals surface area (Å²) < 4.78 is 31.2. The van der Waals surface area contributed by atoms with E-state index < -0.39 is 0 Å². The van der Waals surface area contributed by atoms with Gasteiger partial charge in [-0.3, -0.25) is 9.59 Å². The van der Waals surface area contributed by atoms with Crippen LogP contribution >= 0.6 is 0 Å². The van der Waals surface area contributed by atoms with Gasteiger partial charge in [0.05, 0.1) is 0 Å². The number of rotatable bonds is 13. The van der Waals surface area contributed by atoms with E-state index in [9.17, 15) is 18.4 Å². The lowest BCUT2D eigenvalue weighted by Crippen LogP contribution is -2.32. The van der Waals surface area contributed by atoms with Crippen molar-refractivity contribution in [2.45, 2.75) is 33.4 Å². The molecule has 3 rings (SSSR count). The molecule has 0 aromatic heterocycles. The fourth-order valence-corrected chi connectivity index (χ4v) is 3.35. The summed E-state index contributed by atoms with van der Waals surface area (Å²) in [5, 5.41) is 13.0. The van der Waals surface area contributed by atoms with Crippen LogP contribution < -0.4 is 15.4 Å². The molecular weight excluding hydrogens is 504 g/mol. The minimum Gasteiger partial charge on any atom is -0.489 e. The number of aliphatic hydroxyl groups excluding tert-OH is 1. The Morgan fingerprint density at radius 2 is 1.62 bits per heavy atom. The first kappa shape index (κ1) is 33.2. The highest BCUT2D eigenvalue weighted by molar-refractivity contribution is 5.72. The molecule has 9 heteroatoms. The standard InChI is InChI=1S/C15H23N3O2.C14H12F2O.CH4O/c1-14(20)17-9-5-8-16-10-11-18(13-19)12-15-6-3-2-4-7-15;1-10-6-13(16)8-14(7-10)17-9-11-2-4-12(15)5-3-11;1-2/h2-4,6-7,13,16H,5,8-12H2,1H3,(H,17,20);2-8H,9H2,1H3;2H,1H3. The molecule has 0 radical (unpaired) electrons. The van der Waals surface area contributed by atoms with E-state index in [1.165, 1.54) is 31.2 Å². The number of aryl methyl sites for hydroxylation is 1. The van der Waals surface area contributed by atoms with Crippen molar-refractivity contribution in [1.29, 1.82) is 0 Å². The summed E-state index contributed by atoms with van der Waals surface area (Å²) in [7, 11) is 1.00. The summed E-state index contributed by atoms with van der Waals surface area (Å²) in [5.41, 5.74) is 2.78. The van der Waals surface area contributed by atoms with Crippen LogP contribution in [0, 0.1) is 18.6 Å². The number of hydrogen-bond donors (Lipinski definition) is 3. The predicted molar refractivity (Wildman–Crippen MR) is 149 cm³/mol. The van der Waals surface area contributed by atoms with Crippen LogP contribution in [0.5, 0.6) is 5.75 Å². The van der Waals surface area contributed by atoms with E-state index in [0.29, 0.717) is 32.0 Å². The molecule has 0 saturated heterocycles. The van der Waals surface area contributed by atoms with Gasteiger partial charge in [-0.25, -0.2) is 8.78 Å². The number of nitrogens with zero attached hydrogens (tertiary/aromatic N) is 1. The summed E-state index contributed by atoms with van der Waals surface area (Å²) in [4.78, 5) is 23.4. The quantitative estimate of drug-likeness (QED) is 0.222. The summed E-state index contributed by atoms with van der Waals surface area (Å²) in [6, 6.07) is 20.5. The first-order valence-electron chi connectivity index (χ1n) is 12.6. The number of aliphatic hydroxyl groups is 1. The van der Waals surface area contributed by atoms with Crippen LogP contribution in [0.3, 0.4) is 0 Å². The van der Waals surface area contributed by atoms with Crippen molar-refractivity contribution in [2.75, 3.05) is 33.3 Å². The summed E-state index contributed by atoms with van der Waals surface area (Å²) >= 11 is 0. The number of carbonyl (C=O) groups excluding carboxylic acids is 2. The highest BCUT2D eigenvalue weighted by atomic mass is 19.1. The molecule has 0 aliphatic carbocycles. The number of halogens is 2. The van der Waals surface area contributed by atoms with Crippen molar-refractivity contribution in [1.82, 2.24) is 15.5 Å². The minimum atomic E-state index is -0.320. The van der Waals surface area contributed by atoms with E-state index >= 15 is 0 Å². The van der Waals surface area contributed by atoms with E-state index in [0.717, 1.165) is 49.7 Å². The molecule has 0 atom stereocenters. The van der Waals surface area contributed by atoms with E-state index in [1.807, 2.05) is 30.3 Å². The highest BCUT2D eigenvalue weighted by Crippen LogP contribution is 2.17. The van der Waals surface area contributed by atoms with Crippen LogP contribution in [0.4, 0.5) is 8.78 Å². The summed E-state index contributed by atoms with van der Waals surface area (Å²) in [6.07, 6.45) is 1.77. The van der Waals surface area contributed by atoms with Gasteiger partial charge in [-0.1, -0.05) is 42.5 Å². The molecule has 0 unspecified atom stereocenters. The average Bonchev–Trinajstić information content (AvgIpc) is 2.93. The lowest BCUT2D eigenvalue weighted by Gasteiger charge is -2.17. The largest absolute Gasteiger partial charge is 0.489 e. The SMILES string of the molecule is CC(=O)NCCCNCCN(C=O)Cc1ccccc1.CO.Cc1cc(F)cc(OCc2ccc(F)cc2)c1. The number of benzene rings is 3. The van der Waals surface area contributed by atoms with Crippen molar-refractivity contribution in [3.05, 3.63) is 101 Å². The maximum atomic E-state index is 13.1. The molecule has 0 aliphatic rings. The molecule has 3 N–H and O–H groups in total. The Hall–Kier alpha value is -3.82. The zero-order valence-electron chi connectivity index (χ0n) is 22.8. The van der Waals surface area contributed by atoms with Gasteiger partial charge in [-0.05, 0) is 60.8 Å². The zero-order chi connectivity index (χ0) is 28.9. The van der Waals surface area contributed by atoms with Gasteiger partial charge in [0.2, 0.25) is 12.3 Å². The molecule has 3 aromatic carbocycles. The Balaban J connectivity index is 0.000000370. The van der Waals surface area contributed by atoms with Gasteiger partial charge in [0.25, 0.3) is 0 Å². The summed E-state index contributed by atoms with van der Waals surface area (Å²) in [5.74, 6) is -0.124. The second kappa shape index (κ2) is 20.2. The number of amides is 2. The molecule has 0 heterocycles. The lowest BCUT2D eigenvalue weighted by atomic mass is 10.2. The fraction of sp³-hybridized carbons (Fsp3) is 0.333. The summed E-state index contributed by atoms with van der Waals surface area (Å²) in [6.45, 7) is 7.19. The first-order valence-corrected chi connectivity index (χ1v) is 12.6. The molecule has 0 spiro atoms. The van der Waals surface area contributed by atoms with E-state index in [4.69, 9.17) is 9.84 Å². The maximum absolute atomic E-state index is 13.1. The van der Waals surface area contributed by atoms with Gasteiger partial charge >= 0.3 is 0 Å². The van der Waals surface area contributed by atoms with Crippen LogP contribution in [0.15, 0.2) is 72.8 Å². The second-order valence-corrected chi connectivity index (χ2v) is 8.53. The minimum absolute atomic E-state index is 0.00000821. The Labute approximate surface area is 229 Å². The highest BCUT2D eigenvalue weighted by Gasteiger charge is 2.02. The second-order valence-electron chi connectivity index (χ2n) is 8.53. The predicted octanol–water partition coefficient (Wildman–Crippen LogP) is 4.22. The third kappa shape index (κ3) is 15.9. The molecular formula is C30H39F2N3O4. The van der Waals surface area contributed by atoms with Crippen molar-refractivity contribution in [2.24, 2.45) is 0 Å². The van der Waals surface area contributed by atoms with E-state index in [1.54, 1.807) is 30.0 Å². The fourth-order valence-electron chi connectivity index (χ4n) is 3.35. The van der Waals surface area contributed by atoms with Gasteiger partial charge < -0.3 is 25.4 Å². The van der Waals surface area contributed by atoms with Crippen LogP contribution in [-0.2, 0) is 22.7 Å². The number of hydrogen-bond acceptors (Lipinski definition) is 5. The monoisotopic (exact) mass is 543 g/mol. The van der Waals surface area contributed by atoms with Crippen molar-refractivity contribution in [3.8, 4) is 5.75 Å². The Morgan fingerprint density at radius 3 is 2.23 bits per heavy atom. The van der Waals surface area contributed by atoms with Crippen molar-refractivity contribution >= 4 is 12.3 Å². The van der Waals surface area contributed by atoms with E-state index in [-0.39, 0.29) is 17.5 Å². The molecule has 0 aliphatic heterocycles. The Bertz CT molecular complexity index is 1060. The Morgan fingerprint density at radius 1 is 0.923 bits per heavy atom. The molecule has 0 fully saturated rings. The Kier molecular flexibility index (Phi) is 17.2. The molecule has 39 heavy (non-hydrogen) atoms. The van der Waals surface area contributed by atoms with Crippen LogP contribution in [0.2, 0.25) is 0 Å². The van der Waals surface area contributed by atoms with Gasteiger partial charge in [0.1, 0.15) is 24.0 Å². The van der Waals surface area contributed by atoms with Crippen LogP contribution in [0.1, 0.15) is 30.0 Å². The normalized spacial score (nSPS) is 9.79. The number of carbonyl (C=O) groups is 2. The van der Waals surface area contributed by atoms with Crippen molar-refractivity contribution < 1.29 is 28.2 Å². The lowest BCUT2D eigenvalue weighted by molar-refractivity contribution is -0.119. The van der Waals surface area contributed by atoms with Gasteiger partial charge in [-0.2, -0.15) is 0 Å². The number of ether oxygens (including phenoxy) is 1. The third-order valence-corrected chi connectivity index (χ3v) is 5.19. The third-order valence-electron chi connectivity index (χ3n) is 5.19. The smallest absolute Gasteiger partial charge is 0.216 e. The maximum Gasteiger partial charge on any atom is 0.216 e. The van der Waals surface area contributed by atoms with E-state index in [2.05, 4.69) is 10.6 Å².